The summed E-state index contributed by atoms with van der Waals surface area (Å²) < 4.78 is 10.7. The molecule has 1 saturated heterocycles. The van der Waals surface area contributed by atoms with E-state index in [-0.39, 0.29) is 18.6 Å². The Labute approximate surface area is 123 Å². The molecule has 0 aromatic carbocycles. The Hall–Kier alpha value is -1.94. The van der Waals surface area contributed by atoms with Crippen LogP contribution >= 0.6 is 0 Å². The van der Waals surface area contributed by atoms with Gasteiger partial charge >= 0.3 is 0 Å². The number of nitrogens with zero attached hydrogens (tertiary/aromatic N) is 1. The van der Waals surface area contributed by atoms with E-state index in [2.05, 4.69) is 22.1 Å². The van der Waals surface area contributed by atoms with Crippen LogP contribution in [0.2, 0.25) is 0 Å². The number of ether oxygens (including phenoxy) is 2. The first kappa shape index (κ1) is 15.4. The standard InChI is InChI=1S/C15H18N2O4/c18-4-2-1-3-12-7-13(9-16-8-12)15(19)17-10-14-11-20-5-6-21-14/h7-9,14,18H,2,4-6,10-11H2,(H,17,19). The maximum Gasteiger partial charge on any atom is 0.252 e. The van der Waals surface area contributed by atoms with E-state index in [0.717, 1.165) is 0 Å². The fourth-order valence-corrected chi connectivity index (χ4v) is 1.82. The monoisotopic (exact) mass is 290 g/mol. The molecule has 6 heteroatoms. The van der Waals surface area contributed by atoms with E-state index >= 15 is 0 Å². The van der Waals surface area contributed by atoms with E-state index in [0.29, 0.717) is 43.9 Å². The van der Waals surface area contributed by atoms with Gasteiger partial charge in [-0.1, -0.05) is 11.8 Å². The first-order chi connectivity index (χ1) is 10.3. The molecule has 112 valence electrons. The van der Waals surface area contributed by atoms with Crippen LogP contribution in [-0.4, -0.2) is 55.1 Å². The van der Waals surface area contributed by atoms with Crippen LogP contribution in [0.15, 0.2) is 18.5 Å². The SMILES string of the molecule is O=C(NCC1COCCO1)c1cncc(C#CCCO)c1. The molecule has 2 rings (SSSR count). The maximum atomic E-state index is 12.0. The second kappa shape index (κ2) is 8.37. The molecule has 2 N–H and O–H groups in total. The average molecular weight is 290 g/mol. The third-order valence-corrected chi connectivity index (χ3v) is 2.85. The van der Waals surface area contributed by atoms with Gasteiger partial charge in [-0.2, -0.15) is 0 Å². The van der Waals surface area contributed by atoms with Crippen LogP contribution in [-0.2, 0) is 9.47 Å². The largest absolute Gasteiger partial charge is 0.395 e. The van der Waals surface area contributed by atoms with Gasteiger partial charge in [-0.3, -0.25) is 9.78 Å². The van der Waals surface area contributed by atoms with Crippen LogP contribution in [0.5, 0.6) is 0 Å². The molecule has 6 nitrogen and oxygen atoms in total. The van der Waals surface area contributed by atoms with Gasteiger partial charge in [-0.05, 0) is 6.07 Å². The van der Waals surface area contributed by atoms with Crippen molar-refractivity contribution in [2.75, 3.05) is 33.0 Å². The molecule has 1 aromatic heterocycles. The maximum absolute atomic E-state index is 12.0. The molecule has 2 heterocycles. The van der Waals surface area contributed by atoms with Gasteiger partial charge in [0.25, 0.3) is 5.91 Å². The minimum absolute atomic E-state index is 0.0179. The molecule has 1 amide bonds. The lowest BCUT2D eigenvalue weighted by molar-refractivity contribution is -0.0855. The number of carbonyl (C=O) groups is 1. The number of amides is 1. The fraction of sp³-hybridized carbons (Fsp3) is 0.467. The van der Waals surface area contributed by atoms with Gasteiger partial charge < -0.3 is 19.9 Å². The number of nitrogens with one attached hydrogen (secondary N) is 1. The van der Waals surface area contributed by atoms with E-state index in [1.807, 2.05) is 0 Å². The smallest absolute Gasteiger partial charge is 0.252 e. The third kappa shape index (κ3) is 5.16. The van der Waals surface area contributed by atoms with Crippen LogP contribution in [0.3, 0.4) is 0 Å². The van der Waals surface area contributed by atoms with Crippen molar-refractivity contribution in [1.29, 1.82) is 0 Å². The summed E-state index contributed by atoms with van der Waals surface area (Å²) in [5.41, 5.74) is 1.09. The highest BCUT2D eigenvalue weighted by molar-refractivity contribution is 5.94. The minimum Gasteiger partial charge on any atom is -0.395 e. The van der Waals surface area contributed by atoms with Gasteiger partial charge in [0.15, 0.2) is 0 Å². The zero-order valence-corrected chi connectivity index (χ0v) is 11.7. The normalized spacial score (nSPS) is 17.7. The molecule has 1 aliphatic heterocycles. The van der Waals surface area contributed by atoms with E-state index in [4.69, 9.17) is 14.6 Å². The second-order valence-corrected chi connectivity index (χ2v) is 4.52. The zero-order valence-electron chi connectivity index (χ0n) is 11.7. The quantitative estimate of drug-likeness (QED) is 0.761. The molecule has 1 unspecified atom stereocenters. The first-order valence-corrected chi connectivity index (χ1v) is 6.82. The Balaban J connectivity index is 1.89. The van der Waals surface area contributed by atoms with Gasteiger partial charge in [0, 0.05) is 30.9 Å². The predicted molar refractivity (Wildman–Crippen MR) is 75.7 cm³/mol. The Morgan fingerprint density at radius 2 is 2.38 bits per heavy atom. The molecular formula is C15H18N2O4. The van der Waals surface area contributed by atoms with E-state index in [1.165, 1.54) is 6.20 Å². The van der Waals surface area contributed by atoms with Crippen LogP contribution in [0.25, 0.3) is 0 Å². The number of pyridine rings is 1. The van der Waals surface area contributed by atoms with Gasteiger partial charge in [-0.25, -0.2) is 0 Å². The van der Waals surface area contributed by atoms with Crippen molar-refractivity contribution in [3.63, 3.8) is 0 Å². The lowest BCUT2D eigenvalue weighted by atomic mass is 10.2. The number of aliphatic hydroxyl groups excluding tert-OH is 1. The molecule has 1 aromatic rings. The lowest BCUT2D eigenvalue weighted by Gasteiger charge is -2.23. The number of rotatable bonds is 4. The molecule has 1 fully saturated rings. The lowest BCUT2D eigenvalue weighted by Crippen LogP contribution is -2.39. The van der Waals surface area contributed by atoms with Gasteiger partial charge in [0.1, 0.15) is 0 Å². The Bertz CT molecular complexity index is 530. The molecule has 0 bridgehead atoms. The molecule has 0 aliphatic carbocycles. The highest BCUT2D eigenvalue weighted by Crippen LogP contribution is 2.03. The van der Waals surface area contributed by atoms with Crippen molar-refractivity contribution in [1.82, 2.24) is 10.3 Å². The third-order valence-electron chi connectivity index (χ3n) is 2.85. The molecule has 0 radical (unpaired) electrons. The predicted octanol–water partition coefficient (Wildman–Crippen LogP) is -0.0393. The minimum atomic E-state index is -0.220. The van der Waals surface area contributed by atoms with Crippen molar-refractivity contribution in [2.24, 2.45) is 0 Å². The van der Waals surface area contributed by atoms with E-state index in [9.17, 15) is 4.79 Å². The highest BCUT2D eigenvalue weighted by Gasteiger charge is 2.15. The van der Waals surface area contributed by atoms with Crippen molar-refractivity contribution >= 4 is 5.91 Å². The summed E-state index contributed by atoms with van der Waals surface area (Å²) in [7, 11) is 0. The number of hydrogen-bond donors (Lipinski definition) is 2. The second-order valence-electron chi connectivity index (χ2n) is 4.52. The van der Waals surface area contributed by atoms with Crippen molar-refractivity contribution in [2.45, 2.75) is 12.5 Å². The molecule has 0 spiro atoms. The highest BCUT2D eigenvalue weighted by atomic mass is 16.6. The first-order valence-electron chi connectivity index (χ1n) is 6.82. The van der Waals surface area contributed by atoms with Crippen LogP contribution in [0, 0.1) is 11.8 Å². The van der Waals surface area contributed by atoms with Crippen LogP contribution in [0.1, 0.15) is 22.3 Å². The number of hydrogen-bond acceptors (Lipinski definition) is 5. The average Bonchev–Trinajstić information content (AvgIpc) is 2.54. The van der Waals surface area contributed by atoms with Crippen molar-refractivity contribution in [3.8, 4) is 11.8 Å². The Morgan fingerprint density at radius 1 is 1.48 bits per heavy atom. The number of aliphatic hydroxyl groups is 1. The summed E-state index contributed by atoms with van der Waals surface area (Å²) >= 11 is 0. The number of aromatic nitrogens is 1. The van der Waals surface area contributed by atoms with Gasteiger partial charge in [0.05, 0.1) is 38.1 Å². The molecule has 21 heavy (non-hydrogen) atoms. The summed E-state index contributed by atoms with van der Waals surface area (Å²) in [6.45, 7) is 2.06. The summed E-state index contributed by atoms with van der Waals surface area (Å²) in [4.78, 5) is 16.0. The Kier molecular flexibility index (Phi) is 6.16. The van der Waals surface area contributed by atoms with Gasteiger partial charge in [-0.15, -0.1) is 0 Å². The zero-order chi connectivity index (χ0) is 14.9. The molecular weight excluding hydrogens is 272 g/mol. The van der Waals surface area contributed by atoms with Crippen LogP contribution < -0.4 is 5.32 Å². The summed E-state index contributed by atoms with van der Waals surface area (Å²) in [5.74, 6) is 5.42. The molecule has 1 atom stereocenters. The van der Waals surface area contributed by atoms with Gasteiger partial charge in [0.2, 0.25) is 0 Å². The van der Waals surface area contributed by atoms with Crippen LogP contribution in [0.4, 0.5) is 0 Å². The summed E-state index contributed by atoms with van der Waals surface area (Å²) in [6.07, 6.45) is 3.36. The summed E-state index contributed by atoms with van der Waals surface area (Å²) in [5, 5.41) is 11.5. The van der Waals surface area contributed by atoms with Crippen molar-refractivity contribution in [3.05, 3.63) is 29.6 Å². The molecule has 0 saturated carbocycles. The van der Waals surface area contributed by atoms with Crippen molar-refractivity contribution < 1.29 is 19.4 Å². The topological polar surface area (TPSA) is 80.7 Å². The number of carbonyl (C=O) groups excluding carboxylic acids is 1. The molecule has 1 aliphatic rings. The van der Waals surface area contributed by atoms with E-state index in [1.54, 1.807) is 12.3 Å². The fourth-order valence-electron chi connectivity index (χ4n) is 1.82. The Morgan fingerprint density at radius 3 is 3.14 bits per heavy atom. The van der Waals surface area contributed by atoms with E-state index < -0.39 is 0 Å². The summed E-state index contributed by atoms with van der Waals surface area (Å²) in [6, 6.07) is 1.67.